The Morgan fingerprint density at radius 3 is 1.37 bits per heavy atom. The van der Waals surface area contributed by atoms with Crippen LogP contribution in [0.3, 0.4) is 0 Å². The van der Waals surface area contributed by atoms with Gasteiger partial charge in [-0.3, -0.25) is 13.8 Å². The van der Waals surface area contributed by atoms with E-state index in [1.54, 1.807) is 0 Å². The average Bonchev–Trinajstić information content (AvgIpc) is 3.27. The van der Waals surface area contributed by atoms with Gasteiger partial charge < -0.3 is 39.9 Å². The van der Waals surface area contributed by atoms with Crippen molar-refractivity contribution in [2.45, 2.75) is 256 Å². The van der Waals surface area contributed by atoms with E-state index in [0.717, 1.165) is 57.8 Å². The van der Waals surface area contributed by atoms with E-state index in [1.807, 2.05) is 0 Å². The van der Waals surface area contributed by atoms with Crippen molar-refractivity contribution in [3.63, 3.8) is 0 Å². The third-order valence-electron chi connectivity index (χ3n) is 11.7. The molecule has 370 valence electrons. The molecule has 0 heterocycles. The lowest BCUT2D eigenvalue weighted by molar-refractivity contribution is -0.220. The first-order chi connectivity index (χ1) is 30.5. The van der Waals surface area contributed by atoms with E-state index in [9.17, 15) is 39.8 Å². The summed E-state index contributed by atoms with van der Waals surface area (Å²) in [4.78, 5) is 23.2. The molecule has 0 aromatic carbocycles. The number of phosphoric acid groups is 1. The van der Waals surface area contributed by atoms with Gasteiger partial charge in [0.25, 0.3) is 0 Å². The van der Waals surface area contributed by atoms with Gasteiger partial charge in [0.2, 0.25) is 0 Å². The Balaban J connectivity index is 2.36. The fourth-order valence-corrected chi connectivity index (χ4v) is 8.65. The van der Waals surface area contributed by atoms with Crippen LogP contribution in [0, 0.1) is 0 Å². The van der Waals surface area contributed by atoms with E-state index in [4.69, 9.17) is 18.5 Å². The summed E-state index contributed by atoms with van der Waals surface area (Å²) in [6.45, 7) is 4.24. The molecule has 0 aromatic heterocycles. The number of aliphatic hydroxyl groups excluding tert-OH is 5. The highest BCUT2D eigenvalue weighted by Gasteiger charge is 2.51. The number of ether oxygens (including phenoxy) is 2. The Kier molecular flexibility index (Phi) is 38.6. The highest BCUT2D eigenvalue weighted by molar-refractivity contribution is 7.47. The van der Waals surface area contributed by atoms with Crippen molar-refractivity contribution in [1.82, 2.24) is 0 Å². The van der Waals surface area contributed by atoms with Crippen molar-refractivity contribution in [2.24, 2.45) is 0 Å². The lowest BCUT2D eigenvalue weighted by Gasteiger charge is -2.41. The molecule has 0 saturated heterocycles. The van der Waals surface area contributed by atoms with Gasteiger partial charge in [-0.1, -0.05) is 172 Å². The van der Waals surface area contributed by atoms with Gasteiger partial charge in [-0.05, 0) is 70.6 Å². The zero-order chi connectivity index (χ0) is 46.2. The van der Waals surface area contributed by atoms with Crippen LogP contribution in [0.5, 0.6) is 0 Å². The number of carbonyl (C=O) groups is 1. The van der Waals surface area contributed by atoms with E-state index in [2.05, 4.69) is 50.3 Å². The van der Waals surface area contributed by atoms with Crippen molar-refractivity contribution in [3.05, 3.63) is 36.5 Å². The van der Waals surface area contributed by atoms with Crippen molar-refractivity contribution >= 4 is 13.8 Å². The predicted molar refractivity (Wildman–Crippen MR) is 253 cm³/mol. The fourth-order valence-electron chi connectivity index (χ4n) is 7.68. The Morgan fingerprint density at radius 1 is 0.508 bits per heavy atom. The van der Waals surface area contributed by atoms with E-state index < -0.39 is 63.1 Å². The number of allylic oxidation sites excluding steroid dienone is 6. The smallest absolute Gasteiger partial charge is 0.457 e. The molecule has 12 nitrogen and oxygen atoms in total. The molecule has 1 aliphatic carbocycles. The molecule has 63 heavy (non-hydrogen) atoms. The molecule has 0 spiro atoms. The largest absolute Gasteiger partial charge is 0.472 e. The van der Waals surface area contributed by atoms with Gasteiger partial charge >= 0.3 is 13.8 Å². The molecular formula is C50H93O12P. The molecule has 13 heteroatoms. The van der Waals surface area contributed by atoms with Crippen molar-refractivity contribution in [3.8, 4) is 0 Å². The maximum Gasteiger partial charge on any atom is 0.472 e. The molecule has 1 fully saturated rings. The maximum atomic E-state index is 12.8. The standard InChI is InChI=1S/C50H93O12P/c1-3-5-7-9-11-13-15-17-19-21-23-25-27-29-31-33-35-37-39-44(51)61-43(42-60-63(57,58)62-50-48(55)46(53)45(52)47(54)49(50)56)41-59-40-38-36-34-32-30-28-26-24-22-20-18-16-14-12-10-8-6-4-2/h13,15,18-21,43,45-50,52-56H,3-12,14,16-17,22-42H2,1-2H3,(H,57,58)/b15-13-,20-18-,21-19-. The number of hydrogen-bond donors (Lipinski definition) is 6. The van der Waals surface area contributed by atoms with E-state index in [-0.39, 0.29) is 13.0 Å². The minimum atomic E-state index is -5.02. The molecule has 0 radical (unpaired) electrons. The molecule has 0 aliphatic heterocycles. The van der Waals surface area contributed by atoms with Gasteiger partial charge in [0.05, 0.1) is 13.2 Å². The minimum Gasteiger partial charge on any atom is -0.457 e. The van der Waals surface area contributed by atoms with Crippen LogP contribution in [0.2, 0.25) is 0 Å². The van der Waals surface area contributed by atoms with E-state index >= 15 is 0 Å². The zero-order valence-electron chi connectivity index (χ0n) is 39.6. The molecular weight excluding hydrogens is 824 g/mol. The number of unbranched alkanes of at least 4 members (excludes halogenated alkanes) is 25. The second-order valence-electron chi connectivity index (χ2n) is 17.7. The van der Waals surface area contributed by atoms with Gasteiger partial charge in [-0.25, -0.2) is 4.57 Å². The lowest BCUT2D eigenvalue weighted by Crippen LogP contribution is -2.64. The number of rotatable bonds is 43. The highest BCUT2D eigenvalue weighted by atomic mass is 31.2. The zero-order valence-corrected chi connectivity index (χ0v) is 40.5. The topological polar surface area (TPSA) is 192 Å². The van der Waals surface area contributed by atoms with E-state index in [1.165, 1.54) is 128 Å². The van der Waals surface area contributed by atoms with Gasteiger partial charge in [0, 0.05) is 13.0 Å². The highest BCUT2D eigenvalue weighted by Crippen LogP contribution is 2.47. The lowest BCUT2D eigenvalue weighted by atomic mass is 9.85. The Hall–Kier alpha value is -1.44. The van der Waals surface area contributed by atoms with Gasteiger partial charge in [0.15, 0.2) is 0 Å². The maximum absolute atomic E-state index is 12.8. The summed E-state index contributed by atoms with van der Waals surface area (Å²) in [5, 5.41) is 50.3. The summed E-state index contributed by atoms with van der Waals surface area (Å²) in [5.41, 5.74) is 0. The average molecular weight is 917 g/mol. The van der Waals surface area contributed by atoms with Crippen LogP contribution in [-0.4, -0.2) is 98.9 Å². The summed E-state index contributed by atoms with van der Waals surface area (Å²) in [6, 6.07) is 0. The molecule has 1 saturated carbocycles. The third-order valence-corrected chi connectivity index (χ3v) is 12.7. The third kappa shape index (κ3) is 32.8. The van der Waals surface area contributed by atoms with Crippen LogP contribution in [0.1, 0.15) is 213 Å². The predicted octanol–water partition coefficient (Wildman–Crippen LogP) is 11.0. The first-order valence-corrected chi connectivity index (χ1v) is 26.8. The minimum absolute atomic E-state index is 0.0809. The quantitative estimate of drug-likeness (QED) is 0.0147. The van der Waals surface area contributed by atoms with Crippen LogP contribution in [0.4, 0.5) is 0 Å². The molecule has 0 bridgehead atoms. The normalized spacial score (nSPS) is 22.1. The molecule has 6 atom stereocenters. The van der Waals surface area contributed by atoms with Crippen molar-refractivity contribution in [1.29, 1.82) is 0 Å². The summed E-state index contributed by atoms with van der Waals surface area (Å²) >= 11 is 0. The fraction of sp³-hybridized carbons (Fsp3) is 0.860. The number of phosphoric ester groups is 1. The second kappa shape index (κ2) is 40.8. The second-order valence-corrected chi connectivity index (χ2v) is 19.1. The monoisotopic (exact) mass is 917 g/mol. The molecule has 0 amide bonds. The van der Waals surface area contributed by atoms with Gasteiger partial charge in [-0.15, -0.1) is 0 Å². The van der Waals surface area contributed by atoms with Crippen molar-refractivity contribution in [2.75, 3.05) is 19.8 Å². The first-order valence-electron chi connectivity index (χ1n) is 25.3. The molecule has 6 unspecified atom stereocenters. The summed E-state index contributed by atoms with van der Waals surface area (Å²) in [6.07, 6.45) is 36.3. The SMILES string of the molecule is CCCCCC/C=C\C/C=C\CCCCCCCCCC(=O)OC(COCCCCCCCCCC/C=C\CCCCCCCC)COP(=O)(O)OC1C(O)C(O)C(O)C(O)C1O. The molecule has 6 N–H and O–H groups in total. The van der Waals surface area contributed by atoms with Crippen LogP contribution < -0.4 is 0 Å². The molecule has 1 rings (SSSR count). The van der Waals surface area contributed by atoms with E-state index in [0.29, 0.717) is 13.0 Å². The van der Waals surface area contributed by atoms with Crippen LogP contribution in [-0.2, 0) is 27.9 Å². The van der Waals surface area contributed by atoms with Crippen molar-refractivity contribution < 1.29 is 58.3 Å². The molecule has 0 aromatic rings. The number of hydrogen-bond acceptors (Lipinski definition) is 11. The Labute approximate surface area is 382 Å². The van der Waals surface area contributed by atoms with Crippen LogP contribution in [0.15, 0.2) is 36.5 Å². The van der Waals surface area contributed by atoms with Crippen LogP contribution in [0.25, 0.3) is 0 Å². The number of carbonyl (C=O) groups excluding carboxylic acids is 1. The van der Waals surface area contributed by atoms with Crippen LogP contribution >= 0.6 is 7.82 Å². The Bertz CT molecular complexity index is 1180. The number of aliphatic hydroxyl groups is 5. The first kappa shape index (κ1) is 59.6. The summed E-state index contributed by atoms with van der Waals surface area (Å²) in [5.74, 6) is -0.485. The number of esters is 1. The van der Waals surface area contributed by atoms with Gasteiger partial charge in [-0.2, -0.15) is 0 Å². The molecule has 1 aliphatic rings. The van der Waals surface area contributed by atoms with Gasteiger partial charge in [0.1, 0.15) is 42.7 Å². The summed E-state index contributed by atoms with van der Waals surface area (Å²) in [7, 11) is -5.02. The summed E-state index contributed by atoms with van der Waals surface area (Å²) < 4.78 is 34.3. The Morgan fingerprint density at radius 2 is 0.889 bits per heavy atom.